The number of thioether (sulfide) groups is 1. The van der Waals surface area contributed by atoms with E-state index >= 15 is 0 Å². The monoisotopic (exact) mass is 445 g/mol. The van der Waals surface area contributed by atoms with Crippen molar-refractivity contribution in [1.82, 2.24) is 4.98 Å². The van der Waals surface area contributed by atoms with Crippen molar-refractivity contribution in [2.45, 2.75) is 37.0 Å². The number of aryl methyl sites for hydroxylation is 1. The van der Waals surface area contributed by atoms with Gasteiger partial charge in [-0.3, -0.25) is 9.78 Å². The number of Topliss-reactive ketones (excluding diaryl/α,β-unsaturated/α-hetero) is 1. The normalized spacial score (nSPS) is 12.0. The molecule has 1 aromatic heterocycles. The molecule has 4 aromatic rings. The number of hydrogen-bond donors (Lipinski definition) is 0. The molecular weight excluding hydrogens is 421 g/mol. The summed E-state index contributed by atoms with van der Waals surface area (Å²) in [6, 6.07) is 24.2. The number of para-hydroxylation sites is 1. The zero-order chi connectivity index (χ0) is 22.5. The van der Waals surface area contributed by atoms with Crippen LogP contribution in [0.15, 0.2) is 83.8 Å². The number of rotatable bonds is 8. The van der Waals surface area contributed by atoms with Crippen LogP contribution in [0.2, 0.25) is 0 Å². The van der Waals surface area contributed by atoms with Crippen LogP contribution in [0.1, 0.15) is 23.7 Å². The van der Waals surface area contributed by atoms with E-state index in [4.69, 9.17) is 4.74 Å². The van der Waals surface area contributed by atoms with Gasteiger partial charge in [-0.05, 0) is 74.4 Å². The van der Waals surface area contributed by atoms with Gasteiger partial charge in [0.05, 0.1) is 10.8 Å². The topological polar surface area (TPSA) is 39.2 Å². The SMILES string of the molecule is CC(=O)C(Cc1ccc(F)cc1)Sc1ccc(OCc2cc(C)nc3ccccc23)cc1. The van der Waals surface area contributed by atoms with E-state index in [1.54, 1.807) is 19.1 Å². The molecule has 1 unspecified atom stereocenters. The van der Waals surface area contributed by atoms with Crippen LogP contribution in [0.5, 0.6) is 5.75 Å². The predicted octanol–water partition coefficient (Wildman–Crippen LogP) is 6.55. The lowest BCUT2D eigenvalue weighted by molar-refractivity contribution is -0.116. The number of carbonyl (C=O) groups excluding carboxylic acids is 1. The third kappa shape index (κ3) is 5.54. The Kier molecular flexibility index (Phi) is 6.86. The average molecular weight is 446 g/mol. The largest absolute Gasteiger partial charge is 0.489 e. The van der Waals surface area contributed by atoms with Crippen LogP contribution in [0.4, 0.5) is 4.39 Å². The van der Waals surface area contributed by atoms with Crippen LogP contribution in [-0.2, 0) is 17.8 Å². The van der Waals surface area contributed by atoms with Crippen LogP contribution in [0, 0.1) is 12.7 Å². The first-order valence-corrected chi connectivity index (χ1v) is 11.4. The number of fused-ring (bicyclic) bond motifs is 1. The van der Waals surface area contributed by atoms with Gasteiger partial charge in [-0.1, -0.05) is 30.3 Å². The van der Waals surface area contributed by atoms with E-state index in [1.807, 2.05) is 49.4 Å². The maximum Gasteiger partial charge on any atom is 0.143 e. The summed E-state index contributed by atoms with van der Waals surface area (Å²) in [5.74, 6) is 0.594. The van der Waals surface area contributed by atoms with Crippen molar-refractivity contribution < 1.29 is 13.9 Å². The molecule has 32 heavy (non-hydrogen) atoms. The molecule has 0 bridgehead atoms. The van der Waals surface area contributed by atoms with Crippen molar-refractivity contribution >= 4 is 28.4 Å². The van der Waals surface area contributed by atoms with Gasteiger partial charge in [0.1, 0.15) is 24.0 Å². The highest BCUT2D eigenvalue weighted by Crippen LogP contribution is 2.29. The van der Waals surface area contributed by atoms with Crippen molar-refractivity contribution in [3.63, 3.8) is 0 Å². The fourth-order valence-electron chi connectivity index (χ4n) is 3.56. The number of hydrogen-bond acceptors (Lipinski definition) is 4. The van der Waals surface area contributed by atoms with Crippen LogP contribution >= 0.6 is 11.8 Å². The molecule has 0 aliphatic heterocycles. The third-order valence-corrected chi connectivity index (χ3v) is 6.54. The summed E-state index contributed by atoms with van der Waals surface area (Å²) in [4.78, 5) is 17.7. The van der Waals surface area contributed by atoms with E-state index < -0.39 is 0 Å². The zero-order valence-electron chi connectivity index (χ0n) is 18.0. The van der Waals surface area contributed by atoms with E-state index in [-0.39, 0.29) is 16.9 Å². The molecule has 3 nitrogen and oxygen atoms in total. The second kappa shape index (κ2) is 9.96. The minimum absolute atomic E-state index is 0.0968. The van der Waals surface area contributed by atoms with Gasteiger partial charge in [0.15, 0.2) is 0 Å². The first-order chi connectivity index (χ1) is 15.5. The highest BCUT2D eigenvalue weighted by Gasteiger charge is 2.17. The molecule has 0 N–H and O–H groups in total. The fraction of sp³-hybridized carbons (Fsp3) is 0.185. The van der Waals surface area contributed by atoms with E-state index in [9.17, 15) is 9.18 Å². The molecule has 1 heterocycles. The molecule has 0 radical (unpaired) electrons. The van der Waals surface area contributed by atoms with Gasteiger partial charge in [0.25, 0.3) is 0 Å². The smallest absolute Gasteiger partial charge is 0.143 e. The van der Waals surface area contributed by atoms with Crippen LogP contribution in [-0.4, -0.2) is 16.0 Å². The van der Waals surface area contributed by atoms with Crippen LogP contribution < -0.4 is 4.74 Å². The Hall–Kier alpha value is -3.18. The van der Waals surface area contributed by atoms with Gasteiger partial charge in [-0.15, -0.1) is 11.8 Å². The lowest BCUT2D eigenvalue weighted by atomic mass is 10.1. The van der Waals surface area contributed by atoms with Crippen molar-refractivity contribution in [2.75, 3.05) is 0 Å². The number of ether oxygens (including phenoxy) is 1. The zero-order valence-corrected chi connectivity index (χ0v) is 18.9. The molecule has 0 spiro atoms. The van der Waals surface area contributed by atoms with Gasteiger partial charge < -0.3 is 4.74 Å². The lowest BCUT2D eigenvalue weighted by Gasteiger charge is -2.14. The van der Waals surface area contributed by atoms with E-state index in [2.05, 4.69) is 17.1 Å². The number of benzene rings is 3. The molecule has 3 aromatic carbocycles. The first kappa shape index (κ1) is 22.0. The van der Waals surface area contributed by atoms with Crippen molar-refractivity contribution in [1.29, 1.82) is 0 Å². The second-order valence-corrected chi connectivity index (χ2v) is 9.02. The molecule has 0 aliphatic carbocycles. The molecule has 0 aliphatic rings. The second-order valence-electron chi connectivity index (χ2n) is 7.75. The van der Waals surface area contributed by atoms with Gasteiger partial charge in [0.2, 0.25) is 0 Å². The minimum atomic E-state index is -0.272. The third-order valence-electron chi connectivity index (χ3n) is 5.21. The Morgan fingerprint density at radius 3 is 2.47 bits per heavy atom. The molecule has 0 fully saturated rings. The highest BCUT2D eigenvalue weighted by atomic mass is 32.2. The first-order valence-electron chi connectivity index (χ1n) is 10.5. The summed E-state index contributed by atoms with van der Waals surface area (Å²) >= 11 is 1.52. The van der Waals surface area contributed by atoms with Crippen LogP contribution in [0.25, 0.3) is 10.9 Å². The standard InChI is InChI=1S/C27H24FNO2S/c1-18-15-21(25-5-3-4-6-26(25)29-18)17-31-23-11-13-24(14-12-23)32-27(19(2)30)16-20-7-9-22(28)10-8-20/h3-15,27H,16-17H2,1-2H3. The molecule has 5 heteroatoms. The minimum Gasteiger partial charge on any atom is -0.489 e. The Labute approximate surface area is 191 Å². The molecular formula is C27H24FNO2S. The molecule has 4 rings (SSSR count). The van der Waals surface area contributed by atoms with Gasteiger partial charge >= 0.3 is 0 Å². The summed E-state index contributed by atoms with van der Waals surface area (Å²) < 4.78 is 19.2. The molecule has 0 saturated carbocycles. The van der Waals surface area contributed by atoms with E-state index in [1.165, 1.54) is 23.9 Å². The van der Waals surface area contributed by atoms with Crippen molar-refractivity contribution in [2.24, 2.45) is 0 Å². The van der Waals surface area contributed by atoms with Gasteiger partial charge in [0, 0.05) is 21.5 Å². The number of nitrogens with zero attached hydrogens (tertiary/aromatic N) is 1. The number of carbonyl (C=O) groups is 1. The summed E-state index contributed by atoms with van der Waals surface area (Å²) in [5, 5.41) is 0.869. The maximum atomic E-state index is 13.1. The van der Waals surface area contributed by atoms with Crippen molar-refractivity contribution in [3.8, 4) is 5.75 Å². The molecule has 0 amide bonds. The Morgan fingerprint density at radius 2 is 1.75 bits per heavy atom. The number of halogens is 1. The number of pyridine rings is 1. The highest BCUT2D eigenvalue weighted by molar-refractivity contribution is 8.00. The van der Waals surface area contributed by atoms with E-state index in [0.29, 0.717) is 13.0 Å². The maximum absolute atomic E-state index is 13.1. The summed E-state index contributed by atoms with van der Waals surface area (Å²) in [6.45, 7) is 4.04. The quantitative estimate of drug-likeness (QED) is 0.288. The fourth-order valence-corrected chi connectivity index (χ4v) is 4.62. The molecule has 0 saturated heterocycles. The summed E-state index contributed by atoms with van der Waals surface area (Å²) in [5.41, 5.74) is 3.97. The number of ketones is 1. The molecule has 1 atom stereocenters. The van der Waals surface area contributed by atoms with E-state index in [0.717, 1.165) is 38.4 Å². The van der Waals surface area contributed by atoms with Crippen LogP contribution in [0.3, 0.4) is 0 Å². The Bertz CT molecular complexity index is 1220. The average Bonchev–Trinajstić information content (AvgIpc) is 2.79. The summed E-state index contributed by atoms with van der Waals surface area (Å²) in [7, 11) is 0. The Morgan fingerprint density at radius 1 is 1.03 bits per heavy atom. The van der Waals surface area contributed by atoms with Gasteiger partial charge in [-0.2, -0.15) is 0 Å². The predicted molar refractivity (Wildman–Crippen MR) is 128 cm³/mol. The lowest BCUT2D eigenvalue weighted by Crippen LogP contribution is -2.16. The Balaban J connectivity index is 1.41. The number of aromatic nitrogens is 1. The van der Waals surface area contributed by atoms with Crippen molar-refractivity contribution in [3.05, 3.63) is 102 Å². The van der Waals surface area contributed by atoms with Gasteiger partial charge in [-0.25, -0.2) is 4.39 Å². The summed E-state index contributed by atoms with van der Waals surface area (Å²) in [6.07, 6.45) is 0.562. The molecule has 162 valence electrons.